The molecule has 0 spiro atoms. The molecule has 1 aromatic rings. The van der Waals surface area contributed by atoms with E-state index in [1.54, 1.807) is 13.2 Å². The molecule has 0 aromatic heterocycles. The highest BCUT2D eigenvalue weighted by Crippen LogP contribution is 2.26. The molecule has 0 saturated carbocycles. The van der Waals surface area contributed by atoms with Crippen molar-refractivity contribution in [2.24, 2.45) is 0 Å². The molecule has 1 N–H and O–H groups in total. The van der Waals surface area contributed by atoms with Gasteiger partial charge in [0.1, 0.15) is 11.6 Å². The average Bonchev–Trinajstić information content (AvgIpc) is 2.69. The smallest absolute Gasteiger partial charge is 0.127 e. The zero-order chi connectivity index (χ0) is 9.97. The third-order valence-corrected chi connectivity index (χ3v) is 2.59. The van der Waals surface area contributed by atoms with Gasteiger partial charge in [0.25, 0.3) is 0 Å². The summed E-state index contributed by atoms with van der Waals surface area (Å²) in [5.41, 5.74) is 0.986. The quantitative estimate of drug-likeness (QED) is 0.781. The molecular formula is C11H14FNO. The number of nitrogens with one attached hydrogen (secondary N) is 1. The molecule has 2 nitrogen and oxygen atoms in total. The maximum Gasteiger partial charge on any atom is 0.127 e. The van der Waals surface area contributed by atoms with Gasteiger partial charge in [-0.1, -0.05) is 0 Å². The van der Waals surface area contributed by atoms with Crippen LogP contribution in [0, 0.1) is 5.82 Å². The van der Waals surface area contributed by atoms with Gasteiger partial charge in [-0.25, -0.2) is 4.39 Å². The number of hydrogen-bond acceptors (Lipinski definition) is 2. The fourth-order valence-corrected chi connectivity index (χ4v) is 1.87. The Kier molecular flexibility index (Phi) is 2.68. The van der Waals surface area contributed by atoms with E-state index in [0.29, 0.717) is 11.8 Å². The number of rotatable bonds is 2. The summed E-state index contributed by atoms with van der Waals surface area (Å²) in [5.74, 6) is 0.363. The minimum atomic E-state index is -0.229. The first-order valence-electron chi connectivity index (χ1n) is 4.87. The van der Waals surface area contributed by atoms with Crippen LogP contribution >= 0.6 is 0 Å². The third-order valence-electron chi connectivity index (χ3n) is 2.59. The molecule has 1 fully saturated rings. The first kappa shape index (κ1) is 9.46. The van der Waals surface area contributed by atoms with Crippen LogP contribution in [0.1, 0.15) is 24.4 Å². The summed E-state index contributed by atoms with van der Waals surface area (Å²) in [4.78, 5) is 0. The van der Waals surface area contributed by atoms with Crippen molar-refractivity contribution in [3.05, 3.63) is 29.6 Å². The summed E-state index contributed by atoms with van der Waals surface area (Å²) in [6.45, 7) is 1.02. The van der Waals surface area contributed by atoms with Crippen LogP contribution < -0.4 is 10.1 Å². The molecule has 76 valence electrons. The number of methoxy groups -OCH3 is 1. The van der Waals surface area contributed by atoms with Crippen molar-refractivity contribution in [1.82, 2.24) is 5.32 Å². The van der Waals surface area contributed by atoms with Gasteiger partial charge in [-0.2, -0.15) is 0 Å². The average molecular weight is 195 g/mol. The molecule has 1 saturated heterocycles. The fraction of sp³-hybridized carbons (Fsp3) is 0.455. The van der Waals surface area contributed by atoms with Crippen molar-refractivity contribution in [3.8, 4) is 5.75 Å². The molecule has 0 bridgehead atoms. The van der Waals surface area contributed by atoms with E-state index in [1.807, 2.05) is 6.07 Å². The third kappa shape index (κ3) is 1.87. The van der Waals surface area contributed by atoms with Crippen LogP contribution in [-0.2, 0) is 0 Å². The molecule has 1 aliphatic heterocycles. The number of hydrogen-bond donors (Lipinski definition) is 1. The lowest BCUT2D eigenvalue weighted by atomic mass is 10.1. The Morgan fingerprint density at radius 2 is 2.29 bits per heavy atom. The van der Waals surface area contributed by atoms with Crippen molar-refractivity contribution >= 4 is 0 Å². The zero-order valence-electron chi connectivity index (χ0n) is 8.22. The second-order valence-corrected chi connectivity index (χ2v) is 3.57. The summed E-state index contributed by atoms with van der Waals surface area (Å²) >= 11 is 0. The lowest BCUT2D eigenvalue weighted by Crippen LogP contribution is -2.13. The lowest BCUT2D eigenvalue weighted by Gasteiger charge is -2.11. The summed E-state index contributed by atoms with van der Waals surface area (Å²) in [5, 5.41) is 3.33. The van der Waals surface area contributed by atoms with Gasteiger partial charge >= 0.3 is 0 Å². The Balaban J connectivity index is 2.27. The van der Waals surface area contributed by atoms with Crippen molar-refractivity contribution in [2.75, 3.05) is 13.7 Å². The number of benzene rings is 1. The van der Waals surface area contributed by atoms with Gasteiger partial charge in [0.2, 0.25) is 0 Å². The molecule has 1 aromatic carbocycles. The SMILES string of the molecule is COc1cc(F)cc(C2CCCN2)c1. The van der Waals surface area contributed by atoms with E-state index in [1.165, 1.54) is 6.07 Å². The van der Waals surface area contributed by atoms with Crippen LogP contribution in [0.25, 0.3) is 0 Å². The minimum Gasteiger partial charge on any atom is -0.497 e. The second-order valence-electron chi connectivity index (χ2n) is 3.57. The summed E-state index contributed by atoms with van der Waals surface area (Å²) < 4.78 is 18.2. The van der Waals surface area contributed by atoms with Crippen molar-refractivity contribution in [2.45, 2.75) is 18.9 Å². The lowest BCUT2D eigenvalue weighted by molar-refractivity contribution is 0.409. The predicted octanol–water partition coefficient (Wildman–Crippen LogP) is 2.26. The van der Waals surface area contributed by atoms with E-state index in [9.17, 15) is 4.39 Å². The number of ether oxygens (including phenoxy) is 1. The monoisotopic (exact) mass is 195 g/mol. The molecule has 0 radical (unpaired) electrons. The Hall–Kier alpha value is -1.09. The largest absolute Gasteiger partial charge is 0.497 e. The van der Waals surface area contributed by atoms with Crippen LogP contribution in [0.5, 0.6) is 5.75 Å². The summed E-state index contributed by atoms with van der Waals surface area (Å²) in [7, 11) is 1.56. The van der Waals surface area contributed by atoms with Crippen molar-refractivity contribution in [3.63, 3.8) is 0 Å². The van der Waals surface area contributed by atoms with Crippen LogP contribution in [0.15, 0.2) is 18.2 Å². The van der Waals surface area contributed by atoms with Gasteiger partial charge < -0.3 is 10.1 Å². The van der Waals surface area contributed by atoms with E-state index in [4.69, 9.17) is 4.74 Å². The highest BCUT2D eigenvalue weighted by atomic mass is 19.1. The van der Waals surface area contributed by atoms with E-state index in [-0.39, 0.29) is 5.82 Å². The molecule has 1 unspecified atom stereocenters. The van der Waals surface area contributed by atoms with Gasteiger partial charge in [-0.3, -0.25) is 0 Å². The Morgan fingerprint density at radius 1 is 1.43 bits per heavy atom. The van der Waals surface area contributed by atoms with Crippen LogP contribution in [0.4, 0.5) is 4.39 Å². The standard InChI is InChI=1S/C11H14FNO/c1-14-10-6-8(5-9(12)7-10)11-3-2-4-13-11/h5-7,11,13H,2-4H2,1H3. The normalized spacial score (nSPS) is 21.1. The van der Waals surface area contributed by atoms with Crippen LogP contribution in [-0.4, -0.2) is 13.7 Å². The van der Waals surface area contributed by atoms with Gasteiger partial charge in [-0.15, -0.1) is 0 Å². The van der Waals surface area contributed by atoms with E-state index < -0.39 is 0 Å². The first-order chi connectivity index (χ1) is 6.79. The Labute approximate surface area is 83.1 Å². The fourth-order valence-electron chi connectivity index (χ4n) is 1.87. The molecule has 2 rings (SSSR count). The molecule has 14 heavy (non-hydrogen) atoms. The van der Waals surface area contributed by atoms with Crippen LogP contribution in [0.3, 0.4) is 0 Å². The number of halogens is 1. The topological polar surface area (TPSA) is 21.3 Å². The maximum atomic E-state index is 13.2. The molecule has 1 atom stereocenters. The minimum absolute atomic E-state index is 0.229. The van der Waals surface area contributed by atoms with Gasteiger partial charge in [-0.05, 0) is 37.1 Å². The molecular weight excluding hydrogens is 181 g/mol. The van der Waals surface area contributed by atoms with E-state index in [2.05, 4.69) is 5.32 Å². The van der Waals surface area contributed by atoms with Gasteiger partial charge in [0.05, 0.1) is 7.11 Å². The molecule has 0 aliphatic carbocycles. The van der Waals surface area contributed by atoms with E-state index >= 15 is 0 Å². The molecule has 3 heteroatoms. The van der Waals surface area contributed by atoms with Crippen molar-refractivity contribution in [1.29, 1.82) is 0 Å². The highest BCUT2D eigenvalue weighted by molar-refractivity contribution is 5.31. The van der Waals surface area contributed by atoms with Gasteiger partial charge in [0.15, 0.2) is 0 Å². The maximum absolute atomic E-state index is 13.2. The second kappa shape index (κ2) is 3.96. The predicted molar refractivity (Wildman–Crippen MR) is 52.9 cm³/mol. The first-order valence-corrected chi connectivity index (χ1v) is 4.87. The molecule has 1 aliphatic rings. The zero-order valence-corrected chi connectivity index (χ0v) is 8.22. The summed E-state index contributed by atoms with van der Waals surface area (Å²) in [6.07, 6.45) is 2.23. The van der Waals surface area contributed by atoms with E-state index in [0.717, 1.165) is 24.9 Å². The molecule has 1 heterocycles. The summed E-state index contributed by atoms with van der Waals surface area (Å²) in [6, 6.07) is 5.16. The Morgan fingerprint density at radius 3 is 2.93 bits per heavy atom. The van der Waals surface area contributed by atoms with Crippen LogP contribution in [0.2, 0.25) is 0 Å². The molecule has 0 amide bonds. The Bertz CT molecular complexity index is 321. The highest BCUT2D eigenvalue weighted by Gasteiger charge is 2.17. The van der Waals surface area contributed by atoms with Gasteiger partial charge in [0, 0.05) is 12.1 Å². The van der Waals surface area contributed by atoms with Crippen molar-refractivity contribution < 1.29 is 9.13 Å².